The Morgan fingerprint density at radius 1 is 1.18 bits per heavy atom. The molecule has 0 aliphatic carbocycles. The third-order valence-electron chi connectivity index (χ3n) is 9.97. The van der Waals surface area contributed by atoms with Crippen LogP contribution in [0.15, 0.2) is 24.3 Å². The van der Waals surface area contributed by atoms with E-state index in [1.54, 1.807) is 25.1 Å². The van der Waals surface area contributed by atoms with Gasteiger partial charge in [-0.05, 0) is 56.0 Å². The number of amides is 1. The van der Waals surface area contributed by atoms with Gasteiger partial charge >= 0.3 is 6.18 Å². The maximum Gasteiger partial charge on any atom is 0.393 e. The third-order valence-corrected chi connectivity index (χ3v) is 11.0. The van der Waals surface area contributed by atoms with Crippen molar-refractivity contribution in [1.82, 2.24) is 29.2 Å². The average molecular weight is 711 g/mol. The topological polar surface area (TPSA) is 103 Å². The molecule has 2 fully saturated rings. The van der Waals surface area contributed by atoms with Crippen LogP contribution in [0.2, 0.25) is 0 Å². The molecule has 3 aromatic heterocycles. The highest BCUT2D eigenvalue weighted by Gasteiger charge is 2.31. The predicted octanol–water partition coefficient (Wildman–Crippen LogP) is 5.75. The maximum atomic E-state index is 13.1. The number of aromatic nitrogens is 3. The summed E-state index contributed by atoms with van der Waals surface area (Å²) in [7, 11) is 3.48. The molecule has 50 heavy (non-hydrogen) atoms. The summed E-state index contributed by atoms with van der Waals surface area (Å²) in [4.78, 5) is 28.8. The van der Waals surface area contributed by atoms with E-state index in [-0.39, 0.29) is 22.9 Å². The second-order valence-electron chi connectivity index (χ2n) is 13.7. The first-order valence-electron chi connectivity index (χ1n) is 17.3. The van der Waals surface area contributed by atoms with Crippen molar-refractivity contribution in [3.8, 4) is 6.07 Å². The lowest BCUT2D eigenvalue weighted by Crippen LogP contribution is -2.52. The predicted molar refractivity (Wildman–Crippen MR) is 189 cm³/mol. The van der Waals surface area contributed by atoms with Crippen molar-refractivity contribution in [3.05, 3.63) is 51.8 Å². The highest BCUT2D eigenvalue weighted by Crippen LogP contribution is 2.34. The number of likely N-dealkylation sites (tertiary alicyclic amines) is 1. The van der Waals surface area contributed by atoms with Crippen LogP contribution in [0, 0.1) is 18.3 Å². The number of ether oxygens (including phenoxy) is 1. The van der Waals surface area contributed by atoms with Gasteiger partial charge in [-0.1, -0.05) is 13.0 Å². The van der Waals surface area contributed by atoms with Crippen molar-refractivity contribution in [2.75, 3.05) is 52.2 Å². The number of nitriles is 1. The summed E-state index contributed by atoms with van der Waals surface area (Å²) in [5, 5.41) is 15.4. The van der Waals surface area contributed by atoms with Crippen LogP contribution in [0.4, 0.5) is 19.0 Å². The van der Waals surface area contributed by atoms with Crippen molar-refractivity contribution in [3.63, 3.8) is 0 Å². The number of likely N-dealkylation sites (N-methyl/N-ethyl adjacent to an activating group) is 1. The Hall–Kier alpha value is -3.77. The lowest BCUT2D eigenvalue weighted by atomic mass is 10.0. The first-order valence-corrected chi connectivity index (χ1v) is 18.1. The van der Waals surface area contributed by atoms with E-state index >= 15 is 0 Å². The number of anilines is 1. The normalized spacial score (nSPS) is 18.8. The summed E-state index contributed by atoms with van der Waals surface area (Å²) in [5.74, 6) is 1.21. The molecule has 0 bridgehead atoms. The third kappa shape index (κ3) is 7.91. The number of carbonyl (C=O) groups excluding carboxylic acids is 1. The highest BCUT2D eigenvalue weighted by molar-refractivity contribution is 7.18. The number of morpholine rings is 1. The Bertz CT molecular complexity index is 1890. The van der Waals surface area contributed by atoms with Gasteiger partial charge in [0.25, 0.3) is 5.91 Å². The molecule has 14 heteroatoms. The van der Waals surface area contributed by atoms with Crippen LogP contribution < -0.4 is 5.32 Å². The van der Waals surface area contributed by atoms with Crippen LogP contribution in [0.3, 0.4) is 0 Å². The molecule has 2 aliphatic rings. The summed E-state index contributed by atoms with van der Waals surface area (Å²) in [5.41, 5.74) is 4.03. The molecule has 1 N–H and O–H groups in total. The zero-order chi connectivity index (χ0) is 35.7. The van der Waals surface area contributed by atoms with E-state index in [1.807, 2.05) is 13.0 Å². The highest BCUT2D eigenvalue weighted by atomic mass is 32.1. The number of rotatable bonds is 10. The van der Waals surface area contributed by atoms with Gasteiger partial charge in [-0.25, -0.2) is 9.97 Å². The standard InChI is InChI=1S/C36H45F3N8O2S/c1-6-32-42-33(29-16-27(17-36(37,38)39)50-34(29)43-32)41-25-9-11-45(12-10-25)20-24-7-8-30-28(23(24)3)15-26(18-40)47(30)19-22(2)46-13-14-49-31(21-46)35(48)44(4)5/h7-8,15-16,22,25,31H,6,9-14,17,19-21H2,1-5H3,(H,41,42,43)/t22-,31?/m0/s1. The van der Waals surface area contributed by atoms with Crippen LogP contribution in [0.5, 0.6) is 0 Å². The van der Waals surface area contributed by atoms with Gasteiger partial charge in [0.2, 0.25) is 0 Å². The number of fused-ring (bicyclic) bond motifs is 2. The number of carbonyl (C=O) groups is 1. The van der Waals surface area contributed by atoms with Crippen molar-refractivity contribution >= 4 is 44.2 Å². The van der Waals surface area contributed by atoms with Gasteiger partial charge in [-0.3, -0.25) is 14.6 Å². The molecular weight excluding hydrogens is 666 g/mol. The minimum atomic E-state index is -4.27. The van der Waals surface area contributed by atoms with E-state index in [1.165, 1.54) is 5.56 Å². The summed E-state index contributed by atoms with van der Waals surface area (Å²) in [6.45, 7) is 11.1. The summed E-state index contributed by atoms with van der Waals surface area (Å²) >= 11 is 1.09. The van der Waals surface area contributed by atoms with E-state index in [9.17, 15) is 23.2 Å². The Morgan fingerprint density at radius 2 is 1.94 bits per heavy atom. The molecule has 268 valence electrons. The molecule has 1 aromatic carbocycles. The lowest BCUT2D eigenvalue weighted by molar-refractivity contribution is -0.148. The molecule has 0 saturated carbocycles. The maximum absolute atomic E-state index is 13.1. The second-order valence-corrected chi connectivity index (χ2v) is 14.8. The fraction of sp³-hybridized carbons (Fsp3) is 0.556. The summed E-state index contributed by atoms with van der Waals surface area (Å²) in [6, 6.07) is 10.5. The number of hydrogen-bond donors (Lipinski definition) is 1. The molecule has 6 rings (SSSR count). The fourth-order valence-corrected chi connectivity index (χ4v) is 8.18. The van der Waals surface area contributed by atoms with E-state index in [0.717, 1.165) is 66.8 Å². The molecule has 2 aliphatic heterocycles. The molecule has 2 atom stereocenters. The Kier molecular flexibility index (Phi) is 10.7. The van der Waals surface area contributed by atoms with E-state index in [4.69, 9.17) is 4.74 Å². The van der Waals surface area contributed by atoms with Crippen LogP contribution in [-0.2, 0) is 35.5 Å². The lowest BCUT2D eigenvalue weighted by Gasteiger charge is -2.37. The smallest absolute Gasteiger partial charge is 0.367 e. The van der Waals surface area contributed by atoms with Crippen LogP contribution in [0.25, 0.3) is 21.1 Å². The van der Waals surface area contributed by atoms with Crippen LogP contribution in [0.1, 0.15) is 54.2 Å². The number of nitrogens with one attached hydrogen (secondary N) is 1. The Morgan fingerprint density at radius 3 is 2.62 bits per heavy atom. The molecular formula is C36H45F3N8O2S. The molecule has 1 amide bonds. The SMILES string of the molecule is CCc1nc(NC2CCN(Cc3ccc4c(cc(C#N)n4C[C@H](C)N4CCOC(C(=O)N(C)C)C4)c3C)CC2)c2cc(CC(F)(F)F)sc2n1. The van der Waals surface area contributed by atoms with Gasteiger partial charge in [0, 0.05) is 87.6 Å². The zero-order valence-corrected chi connectivity index (χ0v) is 30.1. The molecule has 4 aromatic rings. The Balaban J connectivity index is 1.11. The van der Waals surface area contributed by atoms with Gasteiger partial charge in [-0.2, -0.15) is 18.4 Å². The minimum Gasteiger partial charge on any atom is -0.367 e. The number of nitrogens with zero attached hydrogens (tertiary/aromatic N) is 7. The minimum absolute atomic E-state index is 0.0350. The average Bonchev–Trinajstić information content (AvgIpc) is 3.66. The number of hydrogen-bond acceptors (Lipinski definition) is 9. The van der Waals surface area contributed by atoms with E-state index < -0.39 is 18.7 Å². The summed E-state index contributed by atoms with van der Waals surface area (Å²) < 4.78 is 47.2. The molecule has 0 spiro atoms. The van der Waals surface area contributed by atoms with E-state index in [2.05, 4.69) is 61.7 Å². The molecule has 1 unspecified atom stereocenters. The van der Waals surface area contributed by atoms with Crippen LogP contribution in [-0.4, -0.2) is 106 Å². The first kappa shape index (κ1) is 36.0. The van der Waals surface area contributed by atoms with Gasteiger partial charge in [0.1, 0.15) is 34.3 Å². The molecule has 5 heterocycles. The van der Waals surface area contributed by atoms with Crippen molar-refractivity contribution in [2.24, 2.45) is 0 Å². The number of alkyl halides is 3. The van der Waals surface area contributed by atoms with Gasteiger partial charge in [0.05, 0.1) is 18.4 Å². The van der Waals surface area contributed by atoms with E-state index in [0.29, 0.717) is 53.7 Å². The number of piperidine rings is 1. The Labute approximate surface area is 294 Å². The largest absolute Gasteiger partial charge is 0.393 e. The number of aryl methyl sites for hydroxylation is 2. The number of halogens is 3. The van der Waals surface area contributed by atoms with Gasteiger partial charge in [-0.15, -0.1) is 11.3 Å². The molecule has 2 saturated heterocycles. The second kappa shape index (κ2) is 14.8. The number of thiophene rings is 1. The first-order chi connectivity index (χ1) is 23.8. The molecule has 10 nitrogen and oxygen atoms in total. The zero-order valence-electron chi connectivity index (χ0n) is 29.3. The van der Waals surface area contributed by atoms with Crippen molar-refractivity contribution in [1.29, 1.82) is 5.26 Å². The van der Waals surface area contributed by atoms with Gasteiger partial charge < -0.3 is 19.5 Å². The summed E-state index contributed by atoms with van der Waals surface area (Å²) in [6.07, 6.45) is -3.36. The van der Waals surface area contributed by atoms with Gasteiger partial charge in [0.15, 0.2) is 0 Å². The quantitative estimate of drug-likeness (QED) is 0.222. The van der Waals surface area contributed by atoms with Crippen molar-refractivity contribution in [2.45, 2.75) is 83.9 Å². The van der Waals surface area contributed by atoms with Crippen LogP contribution >= 0.6 is 11.3 Å². The molecule has 0 radical (unpaired) electrons. The fourth-order valence-electron chi connectivity index (χ4n) is 7.11. The monoisotopic (exact) mass is 710 g/mol. The number of benzene rings is 1. The van der Waals surface area contributed by atoms with Crippen molar-refractivity contribution < 1.29 is 22.7 Å².